The van der Waals surface area contributed by atoms with E-state index in [1.165, 1.54) is 0 Å². The molecule has 1 aromatic heterocycles. The number of rotatable bonds is 3. The van der Waals surface area contributed by atoms with Crippen LogP contribution in [0.25, 0.3) is 0 Å². The third kappa shape index (κ3) is 2.74. The average molecular weight is 250 g/mol. The van der Waals surface area contributed by atoms with Crippen molar-refractivity contribution in [1.82, 2.24) is 9.97 Å². The molecular weight excluding hydrogens is 241 g/mol. The standard InChI is InChI=1S/C8H9F3N4O2/c9-8(10,11)5-1-6(14-7(13-5)15-12)17-4-2-16-3-4/h1,4H,2-3,12H2,(H,13,14,15). The zero-order valence-electron chi connectivity index (χ0n) is 8.49. The third-order valence-electron chi connectivity index (χ3n) is 2.02. The quantitative estimate of drug-likeness (QED) is 0.602. The summed E-state index contributed by atoms with van der Waals surface area (Å²) in [4.78, 5) is 6.85. The minimum absolute atomic E-state index is 0.187. The molecule has 0 atom stereocenters. The number of ether oxygens (including phenoxy) is 2. The van der Waals surface area contributed by atoms with Crippen molar-refractivity contribution < 1.29 is 22.6 Å². The van der Waals surface area contributed by atoms with E-state index in [0.29, 0.717) is 13.2 Å². The number of alkyl halides is 3. The highest BCUT2D eigenvalue weighted by atomic mass is 19.4. The summed E-state index contributed by atoms with van der Waals surface area (Å²) in [6.45, 7) is 0.660. The van der Waals surface area contributed by atoms with Crippen molar-refractivity contribution >= 4 is 5.95 Å². The summed E-state index contributed by atoms with van der Waals surface area (Å²) in [5.41, 5.74) is 0.841. The lowest BCUT2D eigenvalue weighted by atomic mass is 10.3. The van der Waals surface area contributed by atoms with E-state index in [2.05, 4.69) is 9.97 Å². The predicted molar refractivity (Wildman–Crippen MR) is 50.1 cm³/mol. The number of hydrazine groups is 1. The van der Waals surface area contributed by atoms with Crippen molar-refractivity contribution in [2.75, 3.05) is 18.6 Å². The molecule has 1 saturated heterocycles. The lowest BCUT2D eigenvalue weighted by molar-refractivity contribution is -0.141. The summed E-state index contributed by atoms with van der Waals surface area (Å²) in [7, 11) is 0. The summed E-state index contributed by atoms with van der Waals surface area (Å²) >= 11 is 0. The smallest absolute Gasteiger partial charge is 0.433 e. The minimum Gasteiger partial charge on any atom is -0.469 e. The maximum absolute atomic E-state index is 12.5. The van der Waals surface area contributed by atoms with Gasteiger partial charge in [0.05, 0.1) is 13.2 Å². The molecule has 0 amide bonds. The molecule has 0 spiro atoms. The number of anilines is 1. The molecule has 0 unspecified atom stereocenters. The van der Waals surface area contributed by atoms with Crippen molar-refractivity contribution in [3.05, 3.63) is 11.8 Å². The summed E-state index contributed by atoms with van der Waals surface area (Å²) in [6.07, 6.45) is -4.86. The highest BCUT2D eigenvalue weighted by Crippen LogP contribution is 2.30. The van der Waals surface area contributed by atoms with Crippen LogP contribution in [0.4, 0.5) is 19.1 Å². The van der Waals surface area contributed by atoms with E-state index in [4.69, 9.17) is 15.3 Å². The molecular formula is C8H9F3N4O2. The van der Waals surface area contributed by atoms with Crippen molar-refractivity contribution in [2.45, 2.75) is 12.3 Å². The van der Waals surface area contributed by atoms with Gasteiger partial charge in [0.15, 0.2) is 5.69 Å². The molecule has 1 aliphatic heterocycles. The van der Waals surface area contributed by atoms with Crippen molar-refractivity contribution in [2.24, 2.45) is 5.84 Å². The average Bonchev–Trinajstić information content (AvgIpc) is 2.22. The van der Waals surface area contributed by atoms with Gasteiger partial charge in [-0.25, -0.2) is 10.8 Å². The van der Waals surface area contributed by atoms with Crippen LogP contribution in [-0.2, 0) is 10.9 Å². The Morgan fingerprint density at radius 1 is 1.41 bits per heavy atom. The number of nitrogens with two attached hydrogens (primary N) is 1. The molecule has 17 heavy (non-hydrogen) atoms. The molecule has 1 fully saturated rings. The zero-order chi connectivity index (χ0) is 12.5. The second kappa shape index (κ2) is 4.34. The fourth-order valence-electron chi connectivity index (χ4n) is 1.15. The van der Waals surface area contributed by atoms with E-state index in [-0.39, 0.29) is 17.9 Å². The second-order valence-corrected chi connectivity index (χ2v) is 3.33. The van der Waals surface area contributed by atoms with Gasteiger partial charge in [-0.05, 0) is 0 Å². The van der Waals surface area contributed by atoms with Gasteiger partial charge in [-0.1, -0.05) is 0 Å². The van der Waals surface area contributed by atoms with Gasteiger partial charge in [-0.15, -0.1) is 0 Å². The monoisotopic (exact) mass is 250 g/mol. The van der Waals surface area contributed by atoms with Crippen LogP contribution in [0.1, 0.15) is 5.69 Å². The molecule has 1 aromatic rings. The first kappa shape index (κ1) is 11.9. The largest absolute Gasteiger partial charge is 0.469 e. The lowest BCUT2D eigenvalue weighted by Crippen LogP contribution is -2.38. The fraction of sp³-hybridized carbons (Fsp3) is 0.500. The second-order valence-electron chi connectivity index (χ2n) is 3.33. The highest BCUT2D eigenvalue weighted by Gasteiger charge is 2.34. The van der Waals surface area contributed by atoms with Crippen LogP contribution in [0, 0.1) is 0 Å². The topological polar surface area (TPSA) is 82.3 Å². The van der Waals surface area contributed by atoms with Gasteiger partial charge >= 0.3 is 6.18 Å². The molecule has 0 saturated carbocycles. The highest BCUT2D eigenvalue weighted by molar-refractivity contribution is 5.30. The van der Waals surface area contributed by atoms with Crippen molar-refractivity contribution in [3.8, 4) is 5.88 Å². The number of hydrogen-bond donors (Lipinski definition) is 2. The maximum atomic E-state index is 12.5. The van der Waals surface area contributed by atoms with Crippen LogP contribution in [-0.4, -0.2) is 29.3 Å². The van der Waals surface area contributed by atoms with Crippen molar-refractivity contribution in [3.63, 3.8) is 0 Å². The summed E-state index contributed by atoms with van der Waals surface area (Å²) in [6, 6.07) is 0.721. The van der Waals surface area contributed by atoms with Gasteiger partial charge in [0.1, 0.15) is 6.10 Å². The number of halogens is 3. The normalized spacial score (nSPS) is 16.5. The molecule has 94 valence electrons. The molecule has 9 heteroatoms. The molecule has 0 aromatic carbocycles. The number of nitrogen functional groups attached to an aromatic ring is 1. The molecule has 2 heterocycles. The Morgan fingerprint density at radius 3 is 2.59 bits per heavy atom. The van der Waals surface area contributed by atoms with E-state index in [1.807, 2.05) is 5.43 Å². The summed E-state index contributed by atoms with van der Waals surface area (Å²) in [5.74, 6) is 4.45. The van der Waals surface area contributed by atoms with Gasteiger partial charge in [-0.3, -0.25) is 5.43 Å². The Kier molecular flexibility index (Phi) is 3.03. The minimum atomic E-state index is -4.58. The lowest BCUT2D eigenvalue weighted by Gasteiger charge is -2.26. The van der Waals surface area contributed by atoms with E-state index < -0.39 is 11.9 Å². The van der Waals surface area contributed by atoms with E-state index in [1.54, 1.807) is 0 Å². The fourth-order valence-corrected chi connectivity index (χ4v) is 1.15. The predicted octanol–water partition coefficient (Wildman–Crippen LogP) is 0.559. The van der Waals surface area contributed by atoms with Crippen molar-refractivity contribution in [1.29, 1.82) is 0 Å². The Morgan fingerprint density at radius 2 is 2.12 bits per heavy atom. The molecule has 6 nitrogen and oxygen atoms in total. The van der Waals surface area contributed by atoms with E-state index in [9.17, 15) is 13.2 Å². The van der Waals surface area contributed by atoms with E-state index >= 15 is 0 Å². The first-order valence-corrected chi connectivity index (χ1v) is 4.66. The van der Waals surface area contributed by atoms with Crippen LogP contribution in [0.5, 0.6) is 5.88 Å². The van der Waals surface area contributed by atoms with Crippen LogP contribution < -0.4 is 16.0 Å². The Labute approximate surface area is 93.9 Å². The van der Waals surface area contributed by atoms with Gasteiger partial charge in [0, 0.05) is 6.07 Å². The number of nitrogens with one attached hydrogen (secondary N) is 1. The molecule has 0 bridgehead atoms. The Balaban J connectivity index is 2.24. The number of hydrogen-bond acceptors (Lipinski definition) is 6. The third-order valence-corrected chi connectivity index (χ3v) is 2.02. The molecule has 1 aliphatic rings. The molecule has 2 rings (SSSR count). The SMILES string of the molecule is NNc1nc(OC2COC2)cc(C(F)(F)F)n1. The summed E-state index contributed by atoms with van der Waals surface area (Å²) < 4.78 is 47.4. The van der Waals surface area contributed by atoms with E-state index in [0.717, 1.165) is 6.07 Å². The molecule has 3 N–H and O–H groups in total. The first-order valence-electron chi connectivity index (χ1n) is 4.66. The van der Waals surface area contributed by atoms with Gasteiger partial charge in [0.25, 0.3) is 0 Å². The number of nitrogens with zero attached hydrogens (tertiary/aromatic N) is 2. The van der Waals surface area contributed by atoms with Gasteiger partial charge in [-0.2, -0.15) is 18.2 Å². The molecule has 0 radical (unpaired) electrons. The van der Waals surface area contributed by atoms with Crippen LogP contribution in [0.15, 0.2) is 6.07 Å². The first-order chi connectivity index (χ1) is 7.99. The zero-order valence-corrected chi connectivity index (χ0v) is 8.49. The summed E-state index contributed by atoms with van der Waals surface area (Å²) in [5, 5.41) is 0. The maximum Gasteiger partial charge on any atom is 0.433 e. The van der Waals surface area contributed by atoms with Crippen LogP contribution in [0.3, 0.4) is 0 Å². The van der Waals surface area contributed by atoms with Crippen LogP contribution in [0.2, 0.25) is 0 Å². The van der Waals surface area contributed by atoms with Crippen LogP contribution >= 0.6 is 0 Å². The Bertz CT molecular complexity index is 408. The van der Waals surface area contributed by atoms with Gasteiger partial charge in [0.2, 0.25) is 11.8 Å². The Hall–Kier alpha value is -1.61. The molecule has 0 aliphatic carbocycles. The number of aromatic nitrogens is 2. The van der Waals surface area contributed by atoms with Gasteiger partial charge < -0.3 is 9.47 Å².